The van der Waals surface area contributed by atoms with Crippen LogP contribution in [0.2, 0.25) is 0 Å². The molecule has 1 heterocycles. The number of rotatable bonds is 4. The predicted molar refractivity (Wildman–Crippen MR) is 86.7 cm³/mol. The van der Waals surface area contributed by atoms with E-state index in [0.717, 1.165) is 4.68 Å². The van der Waals surface area contributed by atoms with Crippen molar-refractivity contribution in [2.24, 2.45) is 11.0 Å². The second-order valence-corrected chi connectivity index (χ2v) is 5.68. The van der Waals surface area contributed by atoms with Gasteiger partial charge in [-0.05, 0) is 19.1 Å². The van der Waals surface area contributed by atoms with Crippen LogP contribution in [0, 0.1) is 12.8 Å². The van der Waals surface area contributed by atoms with Crippen molar-refractivity contribution in [3.8, 4) is 5.69 Å². The maximum atomic E-state index is 13.4. The lowest BCUT2D eigenvalue weighted by Crippen LogP contribution is -2.34. The molecule has 0 unspecified atom stereocenters. The molecule has 0 saturated heterocycles. The molecule has 1 aromatic carbocycles. The summed E-state index contributed by atoms with van der Waals surface area (Å²) in [4.78, 5) is 24.0. The van der Waals surface area contributed by atoms with Crippen molar-refractivity contribution in [3.05, 3.63) is 51.9 Å². The molecule has 1 amide bonds. The molecule has 9 heteroatoms. The van der Waals surface area contributed by atoms with E-state index in [0.29, 0.717) is 5.69 Å². The van der Waals surface area contributed by atoms with E-state index in [-0.39, 0.29) is 5.69 Å². The minimum Gasteiger partial charge on any atom is -0.295 e. The molecule has 2 aromatic rings. The van der Waals surface area contributed by atoms with Crippen LogP contribution in [0.1, 0.15) is 25.1 Å². The number of hydrazone groups is 1. The van der Waals surface area contributed by atoms with Crippen LogP contribution in [0.25, 0.3) is 5.69 Å². The zero-order valence-electron chi connectivity index (χ0n) is 13.8. The summed E-state index contributed by atoms with van der Waals surface area (Å²) < 4.78 is 41.2. The van der Waals surface area contributed by atoms with E-state index in [4.69, 9.17) is 0 Å². The van der Waals surface area contributed by atoms with Crippen LogP contribution in [0.3, 0.4) is 0 Å². The van der Waals surface area contributed by atoms with Gasteiger partial charge in [-0.15, -0.1) is 0 Å². The van der Waals surface area contributed by atoms with Crippen LogP contribution < -0.4 is 11.0 Å². The van der Waals surface area contributed by atoms with Crippen molar-refractivity contribution in [1.82, 2.24) is 15.2 Å². The number of aromatic nitrogens is 2. The highest BCUT2D eigenvalue weighted by molar-refractivity contribution is 6.05. The van der Waals surface area contributed by atoms with E-state index >= 15 is 0 Å². The Morgan fingerprint density at radius 2 is 1.84 bits per heavy atom. The average molecular weight is 354 g/mol. The lowest BCUT2D eigenvalue weighted by molar-refractivity contribution is -0.124. The summed E-state index contributed by atoms with van der Waals surface area (Å²) >= 11 is 0. The van der Waals surface area contributed by atoms with E-state index in [1.807, 2.05) is 5.43 Å². The Kier molecular flexibility index (Phi) is 5.15. The van der Waals surface area contributed by atoms with Gasteiger partial charge in [0.2, 0.25) is 5.91 Å². The van der Waals surface area contributed by atoms with E-state index < -0.39 is 34.8 Å². The van der Waals surface area contributed by atoms with Gasteiger partial charge in [-0.2, -0.15) is 18.3 Å². The Morgan fingerprint density at radius 3 is 2.36 bits per heavy atom. The number of para-hydroxylation sites is 1. The van der Waals surface area contributed by atoms with Crippen molar-refractivity contribution in [2.75, 3.05) is 0 Å². The summed E-state index contributed by atoms with van der Waals surface area (Å²) in [5, 5.41) is 5.78. The van der Waals surface area contributed by atoms with Gasteiger partial charge in [0, 0.05) is 11.6 Å². The lowest BCUT2D eigenvalue weighted by atomic mass is 10.1. The molecule has 0 bridgehead atoms. The minimum atomic E-state index is -4.91. The number of hydrogen-bond donors (Lipinski definition) is 2. The molecule has 0 saturated carbocycles. The molecular formula is C16H17F3N4O2. The number of nitrogens with zero attached hydrogens (tertiary/aromatic N) is 2. The van der Waals surface area contributed by atoms with Gasteiger partial charge in [0.25, 0.3) is 5.56 Å². The molecular weight excluding hydrogens is 337 g/mol. The number of aryl methyl sites for hydroxylation is 1. The number of benzene rings is 1. The van der Waals surface area contributed by atoms with Crippen molar-refractivity contribution in [3.63, 3.8) is 0 Å². The number of H-pyrrole nitrogens is 1. The first-order valence-corrected chi connectivity index (χ1v) is 7.45. The summed E-state index contributed by atoms with van der Waals surface area (Å²) in [7, 11) is 0. The number of amides is 1. The zero-order chi connectivity index (χ0) is 18.8. The molecule has 0 radical (unpaired) electrons. The van der Waals surface area contributed by atoms with Crippen molar-refractivity contribution in [1.29, 1.82) is 0 Å². The van der Waals surface area contributed by atoms with Crippen LogP contribution in [0.15, 0.2) is 40.2 Å². The minimum absolute atomic E-state index is 0.0104. The van der Waals surface area contributed by atoms with Gasteiger partial charge in [0.1, 0.15) is 0 Å². The Balaban J connectivity index is 2.56. The molecule has 0 fully saturated rings. The Hall–Kier alpha value is -2.84. The van der Waals surface area contributed by atoms with Gasteiger partial charge < -0.3 is 0 Å². The highest BCUT2D eigenvalue weighted by Crippen LogP contribution is 2.22. The number of hydrogen-bond acceptors (Lipinski definition) is 3. The van der Waals surface area contributed by atoms with E-state index in [2.05, 4.69) is 10.2 Å². The molecule has 0 atom stereocenters. The number of halogens is 3. The Morgan fingerprint density at radius 1 is 1.24 bits per heavy atom. The van der Waals surface area contributed by atoms with Crippen molar-refractivity contribution < 1.29 is 18.0 Å². The van der Waals surface area contributed by atoms with Crippen LogP contribution in [-0.2, 0) is 4.79 Å². The molecule has 0 aliphatic carbocycles. The van der Waals surface area contributed by atoms with Gasteiger partial charge in [0.15, 0.2) is 5.71 Å². The second kappa shape index (κ2) is 6.96. The molecule has 25 heavy (non-hydrogen) atoms. The Bertz CT molecular complexity index is 849. The first kappa shape index (κ1) is 18.5. The first-order chi connectivity index (χ1) is 11.6. The highest BCUT2D eigenvalue weighted by atomic mass is 19.4. The molecule has 2 N–H and O–H groups in total. The van der Waals surface area contributed by atoms with E-state index in [1.54, 1.807) is 30.3 Å². The molecule has 0 aliphatic rings. The number of carbonyl (C=O) groups is 1. The highest BCUT2D eigenvalue weighted by Gasteiger charge is 2.41. The summed E-state index contributed by atoms with van der Waals surface area (Å²) in [5.41, 5.74) is -0.761. The van der Waals surface area contributed by atoms with Gasteiger partial charge >= 0.3 is 6.18 Å². The largest absolute Gasteiger partial charge is 0.435 e. The normalized spacial score (nSPS) is 12.5. The lowest BCUT2D eigenvalue weighted by Gasteiger charge is -2.10. The van der Waals surface area contributed by atoms with Gasteiger partial charge in [-0.25, -0.2) is 10.1 Å². The molecule has 0 aliphatic heterocycles. The number of alkyl halides is 3. The first-order valence-electron chi connectivity index (χ1n) is 7.45. The van der Waals surface area contributed by atoms with Crippen molar-refractivity contribution >= 4 is 11.6 Å². The van der Waals surface area contributed by atoms with Crippen LogP contribution in [0.5, 0.6) is 0 Å². The van der Waals surface area contributed by atoms with E-state index in [1.165, 1.54) is 20.8 Å². The smallest absolute Gasteiger partial charge is 0.295 e. The quantitative estimate of drug-likeness (QED) is 0.654. The second-order valence-electron chi connectivity index (χ2n) is 5.68. The molecule has 2 rings (SSSR count). The maximum absolute atomic E-state index is 13.4. The molecule has 6 nitrogen and oxygen atoms in total. The van der Waals surface area contributed by atoms with Crippen molar-refractivity contribution in [2.45, 2.75) is 26.9 Å². The maximum Gasteiger partial charge on any atom is 0.435 e. The number of carbonyl (C=O) groups excluding carboxylic acids is 1. The van der Waals surface area contributed by atoms with E-state index in [9.17, 15) is 22.8 Å². The Labute approximate surface area is 141 Å². The van der Waals surface area contributed by atoms with Crippen LogP contribution in [-0.4, -0.2) is 27.6 Å². The van der Waals surface area contributed by atoms with Crippen LogP contribution >= 0.6 is 0 Å². The third-order valence-electron chi connectivity index (χ3n) is 3.39. The monoisotopic (exact) mass is 354 g/mol. The summed E-state index contributed by atoms with van der Waals surface area (Å²) in [5.74, 6) is -1.23. The average Bonchev–Trinajstić information content (AvgIpc) is 2.82. The SMILES string of the molecule is Cc1[nH]n(-c2ccccc2)c(=O)c1/C(=N/NC(=O)C(C)C)C(F)(F)F. The molecule has 134 valence electrons. The standard InChI is InChI=1S/C16H17F3N4O2/c1-9(2)14(24)21-20-13(16(17,18)19)12-10(3)22-23(15(12)25)11-7-5-4-6-8-11/h4-9,22H,1-3H3,(H,21,24)/b20-13-. The topological polar surface area (TPSA) is 79.2 Å². The van der Waals surface area contributed by atoms with Gasteiger partial charge in [-0.3, -0.25) is 14.7 Å². The fourth-order valence-electron chi connectivity index (χ4n) is 2.09. The molecule has 0 spiro atoms. The third-order valence-corrected chi connectivity index (χ3v) is 3.39. The summed E-state index contributed by atoms with van der Waals surface area (Å²) in [6.45, 7) is 4.37. The fourth-order valence-corrected chi connectivity index (χ4v) is 2.09. The van der Waals surface area contributed by atoms with Crippen LogP contribution in [0.4, 0.5) is 13.2 Å². The predicted octanol–water partition coefficient (Wildman–Crippen LogP) is 2.51. The number of nitrogens with one attached hydrogen (secondary N) is 2. The third kappa shape index (κ3) is 3.98. The summed E-state index contributed by atoms with van der Waals surface area (Å²) in [6.07, 6.45) is -4.91. The van der Waals surface area contributed by atoms with Gasteiger partial charge in [-0.1, -0.05) is 32.0 Å². The summed E-state index contributed by atoms with van der Waals surface area (Å²) in [6, 6.07) is 8.17. The zero-order valence-corrected chi connectivity index (χ0v) is 13.8. The molecule has 1 aromatic heterocycles. The van der Waals surface area contributed by atoms with Gasteiger partial charge in [0.05, 0.1) is 11.3 Å². The fraction of sp³-hybridized carbons (Fsp3) is 0.312. The number of aromatic amines is 1.